The van der Waals surface area contributed by atoms with E-state index in [0.29, 0.717) is 0 Å². The molecule has 0 aromatic rings. The Bertz CT molecular complexity index is 131. The first-order valence-electron chi connectivity index (χ1n) is 3.18. The van der Waals surface area contributed by atoms with Gasteiger partial charge in [0.05, 0.1) is 20.2 Å². The topological polar surface area (TPSA) is 67.4 Å². The number of hydrogen-bond donors (Lipinski definition) is 2. The van der Waals surface area contributed by atoms with Crippen molar-refractivity contribution < 1.29 is 14.3 Å². The third kappa shape index (κ3) is 5.35. The summed E-state index contributed by atoms with van der Waals surface area (Å²) in [6, 6.07) is 0. The third-order valence-electron chi connectivity index (χ3n) is 1.06. The standard InChI is InChI=1S/C6H12N2O3/c1-7-5(9)3-8-4-6(10)11-2/h8H,3-4H2,1-2H3,(H,7,9). The number of likely N-dealkylation sites (N-methyl/N-ethyl adjacent to an activating group) is 1. The molecule has 64 valence electrons. The number of nitrogens with one attached hydrogen (secondary N) is 2. The van der Waals surface area contributed by atoms with Gasteiger partial charge in [-0.2, -0.15) is 0 Å². The highest BCUT2D eigenvalue weighted by Crippen LogP contribution is 1.68. The summed E-state index contributed by atoms with van der Waals surface area (Å²) in [6.45, 7) is 0.190. The van der Waals surface area contributed by atoms with Crippen LogP contribution >= 0.6 is 0 Å². The molecule has 0 radical (unpaired) electrons. The largest absolute Gasteiger partial charge is 0.468 e. The lowest BCUT2D eigenvalue weighted by molar-refractivity contribution is -0.139. The van der Waals surface area contributed by atoms with E-state index in [9.17, 15) is 9.59 Å². The van der Waals surface area contributed by atoms with Crippen LogP contribution in [0.15, 0.2) is 0 Å². The van der Waals surface area contributed by atoms with Crippen LogP contribution in [0.1, 0.15) is 0 Å². The van der Waals surface area contributed by atoms with E-state index in [4.69, 9.17) is 0 Å². The third-order valence-corrected chi connectivity index (χ3v) is 1.06. The molecule has 0 spiro atoms. The summed E-state index contributed by atoms with van der Waals surface area (Å²) in [6.07, 6.45) is 0. The van der Waals surface area contributed by atoms with Crippen molar-refractivity contribution in [2.45, 2.75) is 0 Å². The zero-order chi connectivity index (χ0) is 8.69. The molecule has 0 aromatic heterocycles. The molecule has 2 N–H and O–H groups in total. The van der Waals surface area contributed by atoms with Crippen molar-refractivity contribution in [3.05, 3.63) is 0 Å². The van der Waals surface area contributed by atoms with Crippen LogP contribution in [-0.2, 0) is 14.3 Å². The fourth-order valence-electron chi connectivity index (χ4n) is 0.439. The SMILES string of the molecule is CNC(=O)CNCC(=O)OC. The van der Waals surface area contributed by atoms with Crippen LogP contribution in [0, 0.1) is 0 Å². The highest BCUT2D eigenvalue weighted by Gasteiger charge is 2.00. The van der Waals surface area contributed by atoms with Gasteiger partial charge in [0.15, 0.2) is 0 Å². The smallest absolute Gasteiger partial charge is 0.319 e. The maximum Gasteiger partial charge on any atom is 0.319 e. The van der Waals surface area contributed by atoms with Crippen molar-refractivity contribution >= 4 is 11.9 Å². The minimum Gasteiger partial charge on any atom is -0.468 e. The van der Waals surface area contributed by atoms with Crippen molar-refractivity contribution in [1.29, 1.82) is 0 Å². The van der Waals surface area contributed by atoms with E-state index in [0.717, 1.165) is 0 Å². The van der Waals surface area contributed by atoms with Crippen molar-refractivity contribution in [3.63, 3.8) is 0 Å². The van der Waals surface area contributed by atoms with Gasteiger partial charge in [-0.15, -0.1) is 0 Å². The van der Waals surface area contributed by atoms with E-state index >= 15 is 0 Å². The van der Waals surface area contributed by atoms with Gasteiger partial charge in [-0.1, -0.05) is 0 Å². The van der Waals surface area contributed by atoms with Crippen LogP contribution in [0.5, 0.6) is 0 Å². The Morgan fingerprint density at radius 3 is 2.45 bits per heavy atom. The summed E-state index contributed by atoms with van der Waals surface area (Å²) in [5.41, 5.74) is 0. The zero-order valence-corrected chi connectivity index (χ0v) is 6.64. The highest BCUT2D eigenvalue weighted by molar-refractivity contribution is 5.78. The minimum absolute atomic E-state index is 0.0594. The molecule has 0 saturated heterocycles. The molecule has 0 aliphatic heterocycles. The lowest BCUT2D eigenvalue weighted by Crippen LogP contribution is -2.34. The van der Waals surface area contributed by atoms with E-state index in [1.54, 1.807) is 0 Å². The number of carbonyl (C=O) groups is 2. The second kappa shape index (κ2) is 5.67. The number of ether oxygens (including phenoxy) is 1. The van der Waals surface area contributed by atoms with Crippen molar-refractivity contribution in [3.8, 4) is 0 Å². The maximum atomic E-state index is 10.6. The Labute approximate surface area is 65.1 Å². The molecule has 11 heavy (non-hydrogen) atoms. The van der Waals surface area contributed by atoms with Gasteiger partial charge in [-0.25, -0.2) is 0 Å². The summed E-state index contributed by atoms with van der Waals surface area (Å²) < 4.78 is 4.33. The molecule has 0 aromatic carbocycles. The quantitative estimate of drug-likeness (QED) is 0.491. The van der Waals surface area contributed by atoms with Gasteiger partial charge in [0.25, 0.3) is 0 Å². The minimum atomic E-state index is -0.381. The molecule has 0 atom stereocenters. The van der Waals surface area contributed by atoms with E-state index in [2.05, 4.69) is 15.4 Å². The van der Waals surface area contributed by atoms with Crippen molar-refractivity contribution in [1.82, 2.24) is 10.6 Å². The highest BCUT2D eigenvalue weighted by atomic mass is 16.5. The number of rotatable bonds is 4. The van der Waals surface area contributed by atoms with Gasteiger partial charge in [-0.05, 0) is 0 Å². The van der Waals surface area contributed by atoms with Gasteiger partial charge in [0, 0.05) is 7.05 Å². The van der Waals surface area contributed by atoms with Gasteiger partial charge >= 0.3 is 5.97 Å². The second-order valence-corrected chi connectivity index (χ2v) is 1.85. The number of esters is 1. The van der Waals surface area contributed by atoms with Crippen LogP contribution in [-0.4, -0.2) is 39.1 Å². The molecular weight excluding hydrogens is 148 g/mol. The number of carbonyl (C=O) groups excluding carboxylic acids is 2. The summed E-state index contributed by atoms with van der Waals surface area (Å²) in [5.74, 6) is -0.539. The summed E-state index contributed by atoms with van der Waals surface area (Å²) in [4.78, 5) is 21.0. The Hall–Kier alpha value is -1.10. The van der Waals surface area contributed by atoms with Crippen molar-refractivity contribution in [2.75, 3.05) is 27.2 Å². The molecule has 0 saturated carbocycles. The van der Waals surface area contributed by atoms with Crippen LogP contribution < -0.4 is 10.6 Å². The van der Waals surface area contributed by atoms with Crippen LogP contribution in [0.4, 0.5) is 0 Å². The van der Waals surface area contributed by atoms with Crippen molar-refractivity contribution in [2.24, 2.45) is 0 Å². The summed E-state index contributed by atoms with van der Waals surface area (Å²) in [7, 11) is 2.83. The Morgan fingerprint density at radius 1 is 1.36 bits per heavy atom. The molecule has 0 bridgehead atoms. The maximum absolute atomic E-state index is 10.6. The van der Waals surface area contributed by atoms with Gasteiger partial charge in [0.2, 0.25) is 5.91 Å². The zero-order valence-electron chi connectivity index (χ0n) is 6.64. The Kier molecular flexibility index (Phi) is 5.10. The normalized spacial score (nSPS) is 8.91. The van der Waals surface area contributed by atoms with Gasteiger partial charge < -0.3 is 10.1 Å². The molecule has 0 unspecified atom stereocenters. The lowest BCUT2D eigenvalue weighted by Gasteiger charge is -2.00. The Morgan fingerprint density at radius 2 is 2.00 bits per heavy atom. The number of methoxy groups -OCH3 is 1. The summed E-state index contributed by atoms with van der Waals surface area (Å²) in [5, 5.41) is 5.00. The molecule has 0 fully saturated rings. The average molecular weight is 160 g/mol. The Balaban J connectivity index is 3.27. The predicted octanol–water partition coefficient (Wildman–Crippen LogP) is -1.50. The first-order valence-corrected chi connectivity index (χ1v) is 3.18. The summed E-state index contributed by atoms with van der Waals surface area (Å²) >= 11 is 0. The molecule has 0 rings (SSSR count). The fraction of sp³-hybridized carbons (Fsp3) is 0.667. The predicted molar refractivity (Wildman–Crippen MR) is 39.0 cm³/mol. The van der Waals surface area contributed by atoms with Crippen LogP contribution in [0.2, 0.25) is 0 Å². The number of amides is 1. The molecule has 0 aliphatic rings. The van der Waals surface area contributed by atoms with Gasteiger partial charge in [-0.3, -0.25) is 14.9 Å². The van der Waals surface area contributed by atoms with Gasteiger partial charge in [0.1, 0.15) is 0 Å². The van der Waals surface area contributed by atoms with E-state index < -0.39 is 0 Å². The van der Waals surface area contributed by atoms with E-state index in [1.807, 2.05) is 0 Å². The molecule has 0 aliphatic carbocycles. The molecular formula is C6H12N2O3. The first-order chi connectivity index (χ1) is 5.20. The first kappa shape index (κ1) is 9.90. The van der Waals surface area contributed by atoms with Crippen LogP contribution in [0.3, 0.4) is 0 Å². The second-order valence-electron chi connectivity index (χ2n) is 1.85. The average Bonchev–Trinajstić information content (AvgIpc) is 2.04. The molecule has 5 heteroatoms. The monoisotopic (exact) mass is 160 g/mol. The van der Waals surface area contributed by atoms with E-state index in [1.165, 1.54) is 14.2 Å². The molecule has 0 heterocycles. The molecule has 1 amide bonds. The fourth-order valence-corrected chi connectivity index (χ4v) is 0.439. The van der Waals surface area contributed by atoms with E-state index in [-0.39, 0.29) is 25.0 Å². The lowest BCUT2D eigenvalue weighted by atomic mass is 10.5. The number of hydrogen-bond acceptors (Lipinski definition) is 4. The van der Waals surface area contributed by atoms with Crippen LogP contribution in [0.25, 0.3) is 0 Å². The molecule has 5 nitrogen and oxygen atoms in total.